The fourth-order valence-electron chi connectivity index (χ4n) is 4.26. The molecule has 8 heteroatoms. The van der Waals surface area contributed by atoms with E-state index in [2.05, 4.69) is 0 Å². The average molecular weight is 429 g/mol. The molecule has 4 aromatic rings. The number of methoxy groups -OCH3 is 1. The molecule has 0 atom stereocenters. The number of ether oxygens (including phenoxy) is 1. The molecule has 0 radical (unpaired) electrons. The largest absolute Gasteiger partial charge is 0.619 e. The lowest BCUT2D eigenvalue weighted by Gasteiger charge is -2.12. The fourth-order valence-corrected chi connectivity index (χ4v) is 4.26. The Morgan fingerprint density at radius 1 is 0.969 bits per heavy atom. The number of nitrogens with zero attached hydrogens (tertiary/aromatic N) is 4. The molecule has 2 aromatic heterocycles. The minimum atomic E-state index is -0.308. The lowest BCUT2D eigenvalue weighted by molar-refractivity contribution is -0.654. The van der Waals surface area contributed by atoms with Gasteiger partial charge in [-0.1, -0.05) is 12.1 Å². The highest BCUT2D eigenvalue weighted by atomic mass is 16.5. The van der Waals surface area contributed by atoms with E-state index in [1.165, 1.54) is 17.3 Å². The van der Waals surface area contributed by atoms with Gasteiger partial charge in [0.05, 0.1) is 30.8 Å². The van der Waals surface area contributed by atoms with E-state index in [0.717, 1.165) is 27.2 Å². The molecule has 5 rings (SSSR count). The highest BCUT2D eigenvalue weighted by molar-refractivity contribution is 6.21. The predicted octanol–water partition coefficient (Wildman–Crippen LogP) is 1.95. The summed E-state index contributed by atoms with van der Waals surface area (Å²) in [5.74, 6) is 0.828. The standard InChI is InChI=1S/C24H21N4O4/c1-25-20-10-9-17(32-2)12-21(20)27(14-16-6-5-11-26(31)13-16)22(25)15-28-23(29)18-7-3-4-8-19(18)24(28)30/h3-13H,14-15H2,1-2H3/q+1. The summed E-state index contributed by atoms with van der Waals surface area (Å²) >= 11 is 0. The van der Waals surface area contributed by atoms with Crippen molar-refractivity contribution in [2.45, 2.75) is 13.1 Å². The first-order valence-corrected chi connectivity index (χ1v) is 10.2. The zero-order valence-electron chi connectivity index (χ0n) is 17.7. The molecule has 2 amide bonds. The number of imide groups is 1. The minimum Gasteiger partial charge on any atom is -0.619 e. The van der Waals surface area contributed by atoms with E-state index in [-0.39, 0.29) is 18.4 Å². The topological polar surface area (TPSA) is 82.4 Å². The third kappa shape index (κ3) is 3.08. The number of aromatic nitrogens is 3. The van der Waals surface area contributed by atoms with Crippen molar-refractivity contribution >= 4 is 22.8 Å². The lowest BCUT2D eigenvalue weighted by atomic mass is 10.1. The number of fused-ring (bicyclic) bond motifs is 2. The Bertz CT molecular complexity index is 1360. The molecule has 0 bridgehead atoms. The zero-order valence-corrected chi connectivity index (χ0v) is 17.7. The van der Waals surface area contributed by atoms with Gasteiger partial charge in [0.15, 0.2) is 23.4 Å². The predicted molar refractivity (Wildman–Crippen MR) is 115 cm³/mol. The van der Waals surface area contributed by atoms with E-state index in [0.29, 0.717) is 23.4 Å². The molecule has 3 heterocycles. The van der Waals surface area contributed by atoms with Crippen molar-refractivity contribution in [1.29, 1.82) is 0 Å². The maximum atomic E-state index is 13.0. The molecule has 1 aliphatic rings. The van der Waals surface area contributed by atoms with Gasteiger partial charge < -0.3 is 9.94 Å². The van der Waals surface area contributed by atoms with Crippen LogP contribution in [0.25, 0.3) is 11.0 Å². The Morgan fingerprint density at radius 3 is 2.34 bits per heavy atom. The highest BCUT2D eigenvalue weighted by Gasteiger charge is 2.38. The van der Waals surface area contributed by atoms with Gasteiger partial charge in [-0.2, -0.15) is 4.73 Å². The normalized spacial score (nSPS) is 13.1. The number of aryl methyl sites for hydroxylation is 1. The molecule has 160 valence electrons. The number of hydrogen-bond acceptors (Lipinski definition) is 4. The maximum absolute atomic E-state index is 13.0. The number of pyridine rings is 1. The summed E-state index contributed by atoms with van der Waals surface area (Å²) in [5, 5.41) is 11.8. The van der Waals surface area contributed by atoms with E-state index in [1.807, 2.05) is 40.4 Å². The molecular weight excluding hydrogens is 408 g/mol. The monoisotopic (exact) mass is 429 g/mol. The van der Waals surface area contributed by atoms with Crippen molar-refractivity contribution in [2.75, 3.05) is 7.11 Å². The smallest absolute Gasteiger partial charge is 0.278 e. The van der Waals surface area contributed by atoms with Crippen LogP contribution in [-0.4, -0.2) is 28.4 Å². The third-order valence-corrected chi connectivity index (χ3v) is 5.89. The van der Waals surface area contributed by atoms with Crippen LogP contribution in [0.4, 0.5) is 0 Å². The third-order valence-electron chi connectivity index (χ3n) is 5.89. The van der Waals surface area contributed by atoms with E-state index in [4.69, 9.17) is 4.74 Å². The van der Waals surface area contributed by atoms with Gasteiger partial charge in [0.2, 0.25) is 0 Å². The van der Waals surface area contributed by atoms with Crippen LogP contribution in [0.2, 0.25) is 0 Å². The van der Waals surface area contributed by atoms with Crippen LogP contribution < -0.4 is 14.0 Å². The van der Waals surface area contributed by atoms with Crippen LogP contribution in [0.5, 0.6) is 5.75 Å². The first-order valence-electron chi connectivity index (χ1n) is 10.2. The van der Waals surface area contributed by atoms with Gasteiger partial charge in [0, 0.05) is 12.1 Å². The van der Waals surface area contributed by atoms with Gasteiger partial charge in [-0.15, -0.1) is 0 Å². The molecule has 0 saturated heterocycles. The lowest BCUT2D eigenvalue weighted by Crippen LogP contribution is -2.40. The molecule has 0 spiro atoms. The summed E-state index contributed by atoms with van der Waals surface area (Å²) in [6, 6.07) is 16.1. The summed E-state index contributed by atoms with van der Waals surface area (Å²) in [5.41, 5.74) is 3.43. The number of carbonyl (C=O) groups is 2. The summed E-state index contributed by atoms with van der Waals surface area (Å²) in [6.45, 7) is 0.496. The van der Waals surface area contributed by atoms with Crippen LogP contribution in [0.3, 0.4) is 0 Å². The second-order valence-electron chi connectivity index (χ2n) is 7.73. The molecule has 0 aliphatic carbocycles. The van der Waals surface area contributed by atoms with Crippen LogP contribution in [-0.2, 0) is 20.1 Å². The number of imidazole rings is 1. The Labute approximate surface area is 184 Å². The Balaban J connectivity index is 1.63. The second-order valence-corrected chi connectivity index (χ2v) is 7.73. The first-order chi connectivity index (χ1) is 15.5. The van der Waals surface area contributed by atoms with E-state index in [9.17, 15) is 14.8 Å². The molecule has 32 heavy (non-hydrogen) atoms. The first kappa shape index (κ1) is 19.7. The van der Waals surface area contributed by atoms with Crippen molar-refractivity contribution in [3.05, 3.63) is 94.7 Å². The van der Waals surface area contributed by atoms with Crippen LogP contribution >= 0.6 is 0 Å². The molecule has 0 unspecified atom stereocenters. The highest BCUT2D eigenvalue weighted by Crippen LogP contribution is 2.26. The van der Waals surface area contributed by atoms with Gasteiger partial charge in [-0.3, -0.25) is 14.5 Å². The van der Waals surface area contributed by atoms with E-state index >= 15 is 0 Å². The maximum Gasteiger partial charge on any atom is 0.278 e. The Morgan fingerprint density at radius 2 is 1.69 bits per heavy atom. The number of carbonyl (C=O) groups excluding carboxylic acids is 2. The SMILES string of the molecule is COc1ccc2c(c1)n(Cc1ccc[n+]([O-])c1)c(CN1C(=O)c3ccccc3C1=O)[n+]2C. The fraction of sp³-hybridized carbons (Fsp3) is 0.167. The number of benzene rings is 2. The van der Waals surface area contributed by atoms with E-state index in [1.54, 1.807) is 37.4 Å². The van der Waals surface area contributed by atoms with E-state index < -0.39 is 0 Å². The van der Waals surface area contributed by atoms with Gasteiger partial charge in [0.25, 0.3) is 17.6 Å². The molecule has 0 N–H and O–H groups in total. The Kier molecular flexibility index (Phi) is 4.62. The summed E-state index contributed by atoms with van der Waals surface area (Å²) in [4.78, 5) is 27.2. The van der Waals surface area contributed by atoms with Gasteiger partial charge in [-0.05, 0) is 30.3 Å². The molecule has 0 saturated carbocycles. The van der Waals surface area contributed by atoms with Gasteiger partial charge in [0.1, 0.15) is 18.8 Å². The van der Waals surface area contributed by atoms with Crippen LogP contribution in [0, 0.1) is 5.21 Å². The molecule has 0 fully saturated rings. The number of amides is 2. The summed E-state index contributed by atoms with van der Waals surface area (Å²) < 4.78 is 10.1. The van der Waals surface area contributed by atoms with Crippen molar-refractivity contribution in [2.24, 2.45) is 7.05 Å². The average Bonchev–Trinajstić information content (AvgIpc) is 3.20. The molecule has 8 nitrogen and oxygen atoms in total. The van der Waals surface area contributed by atoms with Crippen LogP contribution in [0.15, 0.2) is 67.0 Å². The molecule has 1 aliphatic heterocycles. The number of hydrogen-bond donors (Lipinski definition) is 0. The van der Waals surface area contributed by atoms with Crippen LogP contribution in [0.1, 0.15) is 32.1 Å². The summed E-state index contributed by atoms with van der Waals surface area (Å²) in [7, 11) is 3.50. The summed E-state index contributed by atoms with van der Waals surface area (Å²) in [6.07, 6.45) is 2.94. The van der Waals surface area contributed by atoms with Gasteiger partial charge in [-0.25, -0.2) is 9.13 Å². The Hall–Kier alpha value is -4.20. The van der Waals surface area contributed by atoms with Crippen molar-refractivity contribution in [3.63, 3.8) is 0 Å². The number of rotatable bonds is 5. The van der Waals surface area contributed by atoms with Crippen molar-refractivity contribution in [3.8, 4) is 5.75 Å². The quantitative estimate of drug-likeness (QED) is 0.276. The molecule has 2 aromatic carbocycles. The zero-order chi connectivity index (χ0) is 22.4. The second kappa shape index (κ2) is 7.49. The van der Waals surface area contributed by atoms with Crippen molar-refractivity contribution < 1.29 is 23.6 Å². The van der Waals surface area contributed by atoms with Gasteiger partial charge >= 0.3 is 0 Å². The minimum absolute atomic E-state index is 0.101. The van der Waals surface area contributed by atoms with Crippen molar-refractivity contribution in [1.82, 2.24) is 9.47 Å². The molecular formula is C24H21N4O4+.